The van der Waals surface area contributed by atoms with Gasteiger partial charge >= 0.3 is 0 Å². The lowest BCUT2D eigenvalue weighted by Gasteiger charge is -2.34. The number of aromatic nitrogens is 6. The molecule has 24 heteroatoms. The lowest BCUT2D eigenvalue weighted by Crippen LogP contribution is -2.40. The van der Waals surface area contributed by atoms with E-state index in [2.05, 4.69) is 40.4 Å². The molecule has 0 spiro atoms. The molecule has 6 aliphatic heterocycles. The maximum atomic E-state index is 15.0. The fourth-order valence-electron chi connectivity index (χ4n) is 14.0. The highest BCUT2D eigenvalue weighted by molar-refractivity contribution is 7.14. The van der Waals surface area contributed by atoms with E-state index in [0.717, 1.165) is 74.6 Å². The minimum Gasteiger partial charge on any atom is -0.334 e. The molecule has 90 heavy (non-hydrogen) atoms. The lowest BCUT2D eigenvalue weighted by molar-refractivity contribution is -0.121. The third kappa shape index (κ3) is 11.7. The van der Waals surface area contributed by atoms with E-state index in [1.54, 1.807) is 72.2 Å². The molecule has 0 radical (unpaired) electrons. The van der Waals surface area contributed by atoms with Gasteiger partial charge in [0.05, 0.1) is 24.0 Å². The van der Waals surface area contributed by atoms with E-state index >= 15 is 0 Å². The maximum Gasteiger partial charge on any atom is 0.264 e. The molecule has 0 saturated carbocycles. The molecule has 6 atom stereocenters. The molecule has 2 unspecified atom stereocenters. The Morgan fingerprint density at radius 1 is 0.567 bits per heavy atom. The van der Waals surface area contributed by atoms with Crippen LogP contribution in [0, 0.1) is 0 Å². The SMILES string of the molecule is CCN1CC[C@@H](c2ccc(-c3cc4c(c(C(F)F)c3)CN(C(C(=O)Nc3nccs3)c3ncn5c3CCC5)C4=O)cc2)[C@H](F)C1.CCN1CC[C@H](c2ccc(-c3cc4c(c(C(F)F)c3)CN(C(C(=O)Nc3nccs3)c3ncn5c3CCC5)C4=O)cc2)[C@@H](F)C1. The van der Waals surface area contributed by atoms with Crippen molar-refractivity contribution in [1.29, 1.82) is 0 Å². The largest absolute Gasteiger partial charge is 0.334 e. The number of likely N-dealkylation sites (tertiary alicyclic amines) is 2. The predicted octanol–water partition coefficient (Wildman–Crippen LogP) is 12.7. The summed E-state index contributed by atoms with van der Waals surface area (Å²) in [5, 5.41) is 9.78. The molecule has 16 nitrogen and oxygen atoms in total. The van der Waals surface area contributed by atoms with E-state index in [-0.39, 0.29) is 58.3 Å². The number of thiazole rings is 2. The number of benzene rings is 4. The van der Waals surface area contributed by atoms with E-state index in [0.29, 0.717) is 82.7 Å². The Morgan fingerprint density at radius 3 is 1.33 bits per heavy atom. The number of carbonyl (C=O) groups excluding carboxylic acids is 4. The van der Waals surface area contributed by atoms with Crippen LogP contribution in [-0.4, -0.2) is 124 Å². The molecule has 4 amide bonds. The first-order chi connectivity index (χ1) is 43.6. The number of fused-ring (bicyclic) bond motifs is 4. The number of carbonyl (C=O) groups is 4. The summed E-state index contributed by atoms with van der Waals surface area (Å²) < 4.78 is 92.2. The van der Waals surface area contributed by atoms with Crippen LogP contribution in [0.3, 0.4) is 0 Å². The molecule has 8 aromatic rings. The van der Waals surface area contributed by atoms with E-state index in [4.69, 9.17) is 0 Å². The minimum absolute atomic E-state index is 0.144. The summed E-state index contributed by atoms with van der Waals surface area (Å²) in [6.07, 6.45) is 3.46. The molecule has 0 bridgehead atoms. The predicted molar refractivity (Wildman–Crippen MR) is 330 cm³/mol. The molecule has 10 heterocycles. The minimum atomic E-state index is -2.83. The Balaban J connectivity index is 0.000000165. The molecule has 2 saturated heterocycles. The normalized spacial score (nSPS) is 20.5. The highest BCUT2D eigenvalue weighted by Gasteiger charge is 2.45. The van der Waals surface area contributed by atoms with Gasteiger partial charge in [-0.1, -0.05) is 62.4 Å². The molecule has 14 rings (SSSR count). The van der Waals surface area contributed by atoms with Crippen LogP contribution in [0.2, 0.25) is 0 Å². The fourth-order valence-corrected chi connectivity index (χ4v) is 15.0. The quantitative estimate of drug-likeness (QED) is 0.0889. The van der Waals surface area contributed by atoms with Crippen molar-refractivity contribution in [2.75, 3.05) is 49.9 Å². The van der Waals surface area contributed by atoms with Gasteiger partial charge in [0, 0.05) is 108 Å². The Morgan fingerprint density at radius 2 is 0.978 bits per heavy atom. The van der Waals surface area contributed by atoms with Gasteiger partial charge in [-0.3, -0.25) is 29.8 Å². The van der Waals surface area contributed by atoms with Gasteiger partial charge in [-0.05, 0) is 133 Å². The van der Waals surface area contributed by atoms with Crippen LogP contribution in [0.5, 0.6) is 0 Å². The number of hydrogen-bond donors (Lipinski definition) is 2. The lowest BCUT2D eigenvalue weighted by atomic mass is 9.86. The maximum absolute atomic E-state index is 15.0. The first kappa shape index (κ1) is 60.8. The Labute approximate surface area is 524 Å². The summed E-state index contributed by atoms with van der Waals surface area (Å²) in [4.78, 5) is 79.8. The first-order valence-corrected chi connectivity index (χ1v) is 32.3. The zero-order chi connectivity index (χ0) is 62.5. The van der Waals surface area contributed by atoms with Gasteiger partial charge in [0.15, 0.2) is 22.3 Å². The summed E-state index contributed by atoms with van der Waals surface area (Å²) in [6, 6.07) is 18.5. The average molecular weight is 1270 g/mol. The molecule has 2 fully saturated rings. The standard InChI is InChI=1S/2C33H33F3N6O2S/c2*1-2-40-12-9-22(26(34)17-40)20-7-5-19(6-8-20)21-14-23(30(35)36)25-16-42(32(44)24(25)15-21)29(31(43)39-33-37-10-13-45-33)28-27-4-3-11-41(27)18-38-28/h2*5-8,10,13-15,18,22,26,29-30H,2-4,9,11-12,16-17H2,1H3,(H,37,39,43)/t2*22-,26+,29?/m10/s1. The average Bonchev–Trinajstić information content (AvgIpc) is 1.61. The van der Waals surface area contributed by atoms with Crippen molar-refractivity contribution >= 4 is 56.6 Å². The van der Waals surface area contributed by atoms with Gasteiger partial charge < -0.3 is 28.7 Å². The number of hydrogen-bond acceptors (Lipinski definition) is 12. The number of nitrogens with zero attached hydrogens (tertiary/aromatic N) is 10. The molecule has 2 N–H and O–H groups in total. The molecule has 468 valence electrons. The second-order valence-electron chi connectivity index (χ2n) is 23.7. The smallest absolute Gasteiger partial charge is 0.264 e. The third-order valence-corrected chi connectivity index (χ3v) is 20.1. The van der Waals surface area contributed by atoms with Crippen LogP contribution in [0.4, 0.5) is 36.6 Å². The topological polar surface area (TPSA) is 167 Å². The molecular weight excluding hydrogens is 1200 g/mol. The highest BCUT2D eigenvalue weighted by Crippen LogP contribution is 2.44. The zero-order valence-corrected chi connectivity index (χ0v) is 51.1. The molecule has 4 aromatic heterocycles. The number of rotatable bonds is 16. The van der Waals surface area contributed by atoms with E-state index in [1.165, 1.54) is 44.6 Å². The molecule has 0 aliphatic carbocycles. The number of aryl methyl sites for hydroxylation is 2. The number of piperidine rings is 2. The van der Waals surface area contributed by atoms with E-state index < -0.39 is 60.9 Å². The van der Waals surface area contributed by atoms with Gasteiger partial charge in [0.2, 0.25) is 0 Å². The van der Waals surface area contributed by atoms with Crippen molar-refractivity contribution in [2.45, 2.75) is 128 Å². The van der Waals surface area contributed by atoms with Crippen molar-refractivity contribution in [3.63, 3.8) is 0 Å². The monoisotopic (exact) mass is 1270 g/mol. The number of halogens is 6. The third-order valence-electron chi connectivity index (χ3n) is 18.7. The van der Waals surface area contributed by atoms with E-state index in [9.17, 15) is 45.5 Å². The van der Waals surface area contributed by atoms with Crippen molar-refractivity contribution in [1.82, 2.24) is 48.7 Å². The van der Waals surface area contributed by atoms with Gasteiger partial charge in [0.25, 0.3) is 36.5 Å². The number of anilines is 2. The summed E-state index contributed by atoms with van der Waals surface area (Å²) >= 11 is 2.49. The van der Waals surface area contributed by atoms with E-state index in [1.807, 2.05) is 47.2 Å². The summed E-state index contributed by atoms with van der Waals surface area (Å²) in [5.41, 5.74) is 6.85. The molecular formula is C66H66F6N12O4S2. The van der Waals surface area contributed by atoms with Crippen molar-refractivity contribution in [3.8, 4) is 22.3 Å². The number of alkyl halides is 6. The first-order valence-electron chi connectivity index (χ1n) is 30.6. The van der Waals surface area contributed by atoms with Gasteiger partial charge in [-0.2, -0.15) is 0 Å². The van der Waals surface area contributed by atoms with Crippen LogP contribution >= 0.6 is 22.7 Å². The fraction of sp³-hybridized carbons (Fsp3) is 0.394. The van der Waals surface area contributed by atoms with Gasteiger partial charge in [-0.25, -0.2) is 46.3 Å². The second-order valence-corrected chi connectivity index (χ2v) is 25.5. The Hall–Kier alpha value is -8.06. The Bertz CT molecular complexity index is 3700. The number of imidazole rings is 2. The van der Waals surface area contributed by atoms with Crippen LogP contribution < -0.4 is 10.6 Å². The van der Waals surface area contributed by atoms with Crippen LogP contribution in [0.25, 0.3) is 22.3 Å². The Kier molecular flexibility index (Phi) is 17.4. The van der Waals surface area contributed by atoms with Gasteiger partial charge in [-0.15, -0.1) is 22.7 Å². The zero-order valence-electron chi connectivity index (χ0n) is 49.5. The second kappa shape index (κ2) is 25.7. The summed E-state index contributed by atoms with van der Waals surface area (Å²) in [7, 11) is 0. The number of nitrogens with one attached hydrogen (secondary N) is 2. The highest BCUT2D eigenvalue weighted by atomic mass is 32.1. The van der Waals surface area contributed by atoms with Crippen LogP contribution in [-0.2, 0) is 48.6 Å². The van der Waals surface area contributed by atoms with Gasteiger partial charge in [0.1, 0.15) is 12.3 Å². The number of amides is 4. The van der Waals surface area contributed by atoms with Crippen molar-refractivity contribution in [2.24, 2.45) is 0 Å². The van der Waals surface area contributed by atoms with Crippen LogP contribution in [0.1, 0.15) is 153 Å². The van der Waals surface area contributed by atoms with Crippen LogP contribution in [0.15, 0.2) is 109 Å². The van der Waals surface area contributed by atoms with Crippen molar-refractivity contribution in [3.05, 3.63) is 176 Å². The van der Waals surface area contributed by atoms with Crippen molar-refractivity contribution < 1.29 is 45.5 Å². The molecule has 4 aromatic carbocycles. The summed E-state index contributed by atoms with van der Waals surface area (Å²) in [6.45, 7) is 9.36. The molecule has 6 aliphatic rings. The summed E-state index contributed by atoms with van der Waals surface area (Å²) in [5.74, 6) is -2.44.